The molecule has 6 heteroatoms. The predicted molar refractivity (Wildman–Crippen MR) is 115 cm³/mol. The van der Waals surface area contributed by atoms with Crippen molar-refractivity contribution in [2.45, 2.75) is 25.8 Å². The van der Waals surface area contributed by atoms with E-state index in [0.29, 0.717) is 11.6 Å². The zero-order valence-corrected chi connectivity index (χ0v) is 16.6. The maximum absolute atomic E-state index is 12.9. The van der Waals surface area contributed by atoms with Crippen molar-refractivity contribution in [3.05, 3.63) is 69.2 Å². The third-order valence-electron chi connectivity index (χ3n) is 5.76. The summed E-state index contributed by atoms with van der Waals surface area (Å²) >= 11 is 0. The van der Waals surface area contributed by atoms with Crippen LogP contribution in [0.3, 0.4) is 0 Å². The van der Waals surface area contributed by atoms with Crippen LogP contribution in [0.1, 0.15) is 19.8 Å². The molecule has 1 saturated heterocycles. The smallest absolute Gasteiger partial charge is 0.282 e. The summed E-state index contributed by atoms with van der Waals surface area (Å²) in [6.07, 6.45) is 10.3. The van der Waals surface area contributed by atoms with Gasteiger partial charge in [-0.1, -0.05) is 24.3 Å². The Kier molecular flexibility index (Phi) is 4.56. The summed E-state index contributed by atoms with van der Waals surface area (Å²) < 4.78 is 1.49. The predicted octanol–water partition coefficient (Wildman–Crippen LogP) is 1.20. The molecular weight excluding hydrogens is 362 g/mol. The standard InChI is InChI=1S/C23H25N5O/c1-16-15-27(13-12-24-16)17-8-5-9-19-21(11-10-17)25-14-20-22(19)26-28(23(20)29)18-6-3-2-4-7-18/h2-4,6-7,9-11,14,16,24-25H,5,8,12-13,15H2,1H3/b17-10+,19-9-,21-11+. The summed E-state index contributed by atoms with van der Waals surface area (Å²) in [5.74, 6) is 0. The molecule has 3 aliphatic heterocycles. The molecule has 1 aromatic rings. The van der Waals surface area contributed by atoms with Crippen LogP contribution in [-0.2, 0) is 0 Å². The molecule has 29 heavy (non-hydrogen) atoms. The monoisotopic (exact) mass is 387 g/mol. The molecule has 0 radical (unpaired) electrons. The van der Waals surface area contributed by atoms with Gasteiger partial charge in [-0.3, -0.25) is 4.79 Å². The molecule has 0 spiro atoms. The highest BCUT2D eigenvalue weighted by Gasteiger charge is 2.20. The summed E-state index contributed by atoms with van der Waals surface area (Å²) in [7, 11) is 0. The first-order valence-electron chi connectivity index (χ1n) is 10.3. The van der Waals surface area contributed by atoms with Gasteiger partial charge >= 0.3 is 0 Å². The normalized spacial score (nSPS) is 23.7. The molecule has 4 aliphatic rings. The van der Waals surface area contributed by atoms with Gasteiger partial charge in [0.15, 0.2) is 0 Å². The number of benzene rings is 1. The van der Waals surface area contributed by atoms with Crippen LogP contribution in [0.5, 0.6) is 0 Å². The van der Waals surface area contributed by atoms with Gasteiger partial charge in [-0.15, -0.1) is 0 Å². The Morgan fingerprint density at radius 2 is 2.03 bits per heavy atom. The molecule has 0 bridgehead atoms. The number of allylic oxidation sites excluding steroid dienone is 2. The van der Waals surface area contributed by atoms with Crippen molar-refractivity contribution in [3.8, 4) is 16.9 Å². The van der Waals surface area contributed by atoms with Crippen LogP contribution in [0.4, 0.5) is 0 Å². The summed E-state index contributed by atoms with van der Waals surface area (Å²) in [4.78, 5) is 18.7. The van der Waals surface area contributed by atoms with Crippen LogP contribution in [0.15, 0.2) is 53.1 Å². The molecule has 1 unspecified atom stereocenters. The highest BCUT2D eigenvalue weighted by Crippen LogP contribution is 2.17. The number of pyridine rings is 1. The van der Waals surface area contributed by atoms with Crippen molar-refractivity contribution >= 4 is 12.2 Å². The lowest BCUT2D eigenvalue weighted by molar-refractivity contribution is 0.250. The molecule has 5 rings (SSSR count). The first-order chi connectivity index (χ1) is 14.2. The Bertz CT molecular complexity index is 1200. The van der Waals surface area contributed by atoms with E-state index in [0.717, 1.165) is 54.4 Å². The molecule has 0 amide bonds. The van der Waals surface area contributed by atoms with Crippen molar-refractivity contribution in [1.82, 2.24) is 25.0 Å². The van der Waals surface area contributed by atoms with Gasteiger partial charge in [0.05, 0.1) is 11.3 Å². The summed E-state index contributed by atoms with van der Waals surface area (Å²) in [5.41, 5.74) is 3.45. The van der Waals surface area contributed by atoms with Crippen molar-refractivity contribution in [2.75, 3.05) is 19.6 Å². The maximum atomic E-state index is 12.9. The van der Waals surface area contributed by atoms with Crippen LogP contribution >= 0.6 is 0 Å². The zero-order chi connectivity index (χ0) is 19.8. The van der Waals surface area contributed by atoms with E-state index in [9.17, 15) is 4.79 Å². The van der Waals surface area contributed by atoms with Crippen LogP contribution in [0.25, 0.3) is 29.1 Å². The lowest BCUT2D eigenvalue weighted by atomic mass is 10.1. The number of fused-ring (bicyclic) bond motifs is 3. The van der Waals surface area contributed by atoms with Gasteiger partial charge in [-0.25, -0.2) is 0 Å². The number of nitrogens with one attached hydrogen (secondary N) is 2. The molecular formula is C23H25N5O. The van der Waals surface area contributed by atoms with E-state index in [1.54, 1.807) is 6.20 Å². The number of piperazine rings is 1. The van der Waals surface area contributed by atoms with Crippen LogP contribution in [-0.4, -0.2) is 45.3 Å². The maximum Gasteiger partial charge on any atom is 0.282 e. The van der Waals surface area contributed by atoms with E-state index in [2.05, 4.69) is 45.5 Å². The second-order valence-corrected chi connectivity index (χ2v) is 7.80. The number of para-hydroxylation sites is 1. The number of hydrogen-bond donors (Lipinski definition) is 2. The van der Waals surface area contributed by atoms with Gasteiger partial charge in [0.25, 0.3) is 5.56 Å². The van der Waals surface area contributed by atoms with E-state index < -0.39 is 0 Å². The minimum Gasteiger partial charge on any atom is -0.372 e. The van der Waals surface area contributed by atoms with Gasteiger partial charge in [0, 0.05) is 48.1 Å². The summed E-state index contributed by atoms with van der Waals surface area (Å²) in [6, 6.07) is 10.1. The first kappa shape index (κ1) is 17.9. The van der Waals surface area contributed by atoms with Crippen molar-refractivity contribution in [1.29, 1.82) is 0 Å². The Morgan fingerprint density at radius 1 is 1.17 bits per heavy atom. The third-order valence-corrected chi connectivity index (χ3v) is 5.76. The van der Waals surface area contributed by atoms with Crippen LogP contribution in [0, 0.1) is 0 Å². The Balaban J connectivity index is 1.61. The van der Waals surface area contributed by atoms with Crippen LogP contribution in [0.2, 0.25) is 0 Å². The van der Waals surface area contributed by atoms with Gasteiger partial charge in [-0.2, -0.15) is 9.78 Å². The molecule has 6 nitrogen and oxygen atoms in total. The summed E-state index contributed by atoms with van der Waals surface area (Å²) in [6.45, 7) is 5.33. The fraction of sp³-hybridized carbons (Fsp3) is 0.304. The number of aromatic amines is 1. The van der Waals surface area contributed by atoms with Gasteiger partial charge in [0.2, 0.25) is 0 Å². The molecule has 0 saturated carbocycles. The van der Waals surface area contributed by atoms with E-state index in [-0.39, 0.29) is 5.56 Å². The highest BCUT2D eigenvalue weighted by atomic mass is 16.1. The second-order valence-electron chi connectivity index (χ2n) is 7.80. The fourth-order valence-electron chi connectivity index (χ4n) is 4.27. The average molecular weight is 387 g/mol. The minimum atomic E-state index is -0.0910. The SMILES string of the molecule is CC1CN(/C2=C/C=c3/[nH]cc4c(=O)n(-c5ccccc5)nc-4/c3=C\CC2)CCN1. The largest absolute Gasteiger partial charge is 0.372 e. The second kappa shape index (κ2) is 7.37. The topological polar surface area (TPSA) is 66.0 Å². The van der Waals surface area contributed by atoms with E-state index in [1.807, 2.05) is 30.3 Å². The van der Waals surface area contributed by atoms with E-state index in [1.165, 1.54) is 10.4 Å². The number of nitrogens with zero attached hydrogens (tertiary/aromatic N) is 3. The average Bonchev–Trinajstić information content (AvgIpc) is 3.06. The lowest BCUT2D eigenvalue weighted by Gasteiger charge is -2.35. The van der Waals surface area contributed by atoms with E-state index in [4.69, 9.17) is 0 Å². The van der Waals surface area contributed by atoms with Crippen LogP contribution < -0.4 is 21.4 Å². The van der Waals surface area contributed by atoms with Gasteiger partial charge < -0.3 is 15.2 Å². The summed E-state index contributed by atoms with van der Waals surface area (Å²) in [5, 5.41) is 10.2. The van der Waals surface area contributed by atoms with Gasteiger partial charge in [-0.05, 0) is 44.1 Å². The first-order valence-corrected chi connectivity index (χ1v) is 10.3. The molecule has 1 aliphatic carbocycles. The molecule has 2 N–H and O–H groups in total. The molecule has 148 valence electrons. The molecule has 3 heterocycles. The Labute approximate surface area is 169 Å². The fourth-order valence-corrected chi connectivity index (χ4v) is 4.27. The van der Waals surface area contributed by atoms with Crippen molar-refractivity contribution in [2.24, 2.45) is 0 Å². The molecule has 0 aromatic heterocycles. The van der Waals surface area contributed by atoms with Gasteiger partial charge in [0.1, 0.15) is 5.69 Å². The Hall–Kier alpha value is -3.12. The molecule has 1 fully saturated rings. The number of aromatic nitrogens is 3. The molecule has 1 aromatic carbocycles. The third kappa shape index (κ3) is 3.29. The van der Waals surface area contributed by atoms with Crippen molar-refractivity contribution in [3.63, 3.8) is 0 Å². The quantitative estimate of drug-likeness (QED) is 0.694. The number of rotatable bonds is 2. The van der Waals surface area contributed by atoms with Crippen molar-refractivity contribution < 1.29 is 0 Å². The number of hydrogen-bond acceptors (Lipinski definition) is 4. The highest BCUT2D eigenvalue weighted by molar-refractivity contribution is 5.63. The minimum absolute atomic E-state index is 0.0910. The zero-order valence-electron chi connectivity index (χ0n) is 16.6. The number of H-pyrrole nitrogens is 1. The Morgan fingerprint density at radius 3 is 2.86 bits per heavy atom. The molecule has 1 atom stereocenters. The van der Waals surface area contributed by atoms with E-state index >= 15 is 0 Å². The lowest BCUT2D eigenvalue weighted by Crippen LogP contribution is -2.48.